The van der Waals surface area contributed by atoms with Crippen LogP contribution in [0, 0.1) is 5.92 Å². The number of quaternary nitrogens is 1. The first kappa shape index (κ1) is 21.0. The van der Waals surface area contributed by atoms with Crippen molar-refractivity contribution in [3.8, 4) is 11.5 Å². The number of ether oxygens (including phenoxy) is 2. The third kappa shape index (κ3) is 3.77. The number of likely N-dealkylation sites (tertiary alicyclic amines) is 1. The highest BCUT2D eigenvalue weighted by atomic mass is 35.5. The van der Waals surface area contributed by atoms with Gasteiger partial charge in [-0.3, -0.25) is 4.48 Å². The largest absolute Gasteiger partial charge is 0.457 e. The van der Waals surface area contributed by atoms with Crippen LogP contribution in [0.25, 0.3) is 0 Å². The number of nitrogens with one attached hydrogen (secondary N) is 1. The summed E-state index contributed by atoms with van der Waals surface area (Å²) >= 11 is 6.38. The second-order valence-corrected chi connectivity index (χ2v) is 9.39. The first-order valence-corrected chi connectivity index (χ1v) is 11.0. The minimum absolute atomic E-state index is 0.185. The van der Waals surface area contributed by atoms with Crippen LogP contribution in [0.2, 0.25) is 5.02 Å². The number of hydrogen-bond acceptors (Lipinski definition) is 3. The fourth-order valence-corrected chi connectivity index (χ4v) is 5.43. The van der Waals surface area contributed by atoms with Crippen LogP contribution in [0.15, 0.2) is 42.5 Å². The van der Waals surface area contributed by atoms with Gasteiger partial charge in [0.25, 0.3) is 0 Å². The zero-order valence-corrected chi connectivity index (χ0v) is 18.8. The summed E-state index contributed by atoms with van der Waals surface area (Å²) in [5.41, 5.74) is 2.34. The number of likely N-dealkylation sites (N-methyl/N-ethyl adjacent to an activating group) is 1. The van der Waals surface area contributed by atoms with E-state index >= 15 is 0 Å². The number of fused-ring (bicyclic) bond motifs is 5. The van der Waals surface area contributed by atoms with Crippen molar-refractivity contribution in [1.82, 2.24) is 5.32 Å². The average molecular weight is 430 g/mol. The molecule has 0 saturated carbocycles. The van der Waals surface area contributed by atoms with E-state index in [2.05, 4.69) is 38.3 Å². The van der Waals surface area contributed by atoms with E-state index in [1.54, 1.807) is 0 Å². The molecule has 30 heavy (non-hydrogen) atoms. The average Bonchev–Trinajstić information content (AvgIpc) is 3.00. The molecule has 0 aliphatic carbocycles. The third-order valence-corrected chi connectivity index (χ3v) is 6.59. The molecule has 1 fully saturated rings. The number of carbonyl (C=O) groups is 1. The maximum absolute atomic E-state index is 12.3. The molecule has 2 heterocycles. The fourth-order valence-electron chi connectivity index (χ4n) is 5.24. The number of carbonyl (C=O) groups excluding carboxylic acids is 1. The number of halogens is 1. The Morgan fingerprint density at radius 2 is 1.83 bits per heavy atom. The van der Waals surface area contributed by atoms with E-state index in [1.165, 1.54) is 5.56 Å². The summed E-state index contributed by atoms with van der Waals surface area (Å²) in [4.78, 5) is 12.3. The molecule has 160 valence electrons. The fraction of sp³-hybridized carbons (Fsp3) is 0.458. The molecule has 5 nitrogen and oxygen atoms in total. The number of hydrogen-bond donors (Lipinski definition) is 1. The second kappa shape index (κ2) is 8.12. The summed E-state index contributed by atoms with van der Waals surface area (Å²) < 4.78 is 12.9. The molecule has 1 saturated heterocycles. The summed E-state index contributed by atoms with van der Waals surface area (Å²) in [6.07, 6.45) is -0.589. The summed E-state index contributed by atoms with van der Waals surface area (Å²) in [5, 5.41) is 3.48. The van der Waals surface area contributed by atoms with E-state index in [0.717, 1.165) is 30.2 Å². The molecule has 2 aromatic rings. The zero-order valence-electron chi connectivity index (χ0n) is 18.0. The van der Waals surface area contributed by atoms with Crippen LogP contribution in [-0.4, -0.2) is 43.5 Å². The Hall–Kier alpha value is -2.24. The smallest absolute Gasteiger partial charge is 0.411 e. The van der Waals surface area contributed by atoms with Crippen molar-refractivity contribution >= 4 is 17.7 Å². The number of para-hydroxylation sites is 1. The van der Waals surface area contributed by atoms with Crippen molar-refractivity contribution < 1.29 is 18.8 Å². The Morgan fingerprint density at radius 1 is 1.17 bits per heavy atom. The second-order valence-electron chi connectivity index (χ2n) is 8.95. The lowest BCUT2D eigenvalue weighted by Gasteiger charge is -2.39. The number of nitrogens with zero attached hydrogens (tertiary/aromatic N) is 1. The van der Waals surface area contributed by atoms with Crippen molar-refractivity contribution in [2.75, 3.05) is 26.7 Å². The predicted octanol–water partition coefficient (Wildman–Crippen LogP) is 5.50. The lowest BCUT2D eigenvalue weighted by atomic mass is 9.84. The van der Waals surface area contributed by atoms with Gasteiger partial charge in [-0.15, -0.1) is 0 Å². The molecule has 2 aliphatic rings. The van der Waals surface area contributed by atoms with E-state index in [9.17, 15) is 4.79 Å². The van der Waals surface area contributed by atoms with Gasteiger partial charge in [0, 0.05) is 40.4 Å². The van der Waals surface area contributed by atoms with Crippen molar-refractivity contribution in [1.29, 1.82) is 0 Å². The number of alkyl carbamates (subject to hydrolysis) is 1. The van der Waals surface area contributed by atoms with Gasteiger partial charge in [-0.25, -0.2) is 4.79 Å². The van der Waals surface area contributed by atoms with Gasteiger partial charge in [-0.05, 0) is 31.2 Å². The summed E-state index contributed by atoms with van der Waals surface area (Å²) in [7, 11) is 2.20. The molecule has 4 rings (SSSR count). The van der Waals surface area contributed by atoms with Gasteiger partial charge in [-0.1, -0.05) is 43.6 Å². The van der Waals surface area contributed by atoms with Crippen LogP contribution in [-0.2, 0) is 4.74 Å². The van der Waals surface area contributed by atoms with Crippen LogP contribution in [0.3, 0.4) is 0 Å². The Labute approximate surface area is 183 Å². The third-order valence-electron chi connectivity index (χ3n) is 6.36. The topological polar surface area (TPSA) is 47.6 Å². The van der Waals surface area contributed by atoms with Crippen molar-refractivity contribution in [2.45, 2.75) is 38.8 Å². The Bertz CT molecular complexity index is 948. The first-order valence-electron chi connectivity index (χ1n) is 10.7. The van der Waals surface area contributed by atoms with Crippen LogP contribution < -0.4 is 10.1 Å². The van der Waals surface area contributed by atoms with Gasteiger partial charge in [-0.2, -0.15) is 0 Å². The van der Waals surface area contributed by atoms with Crippen molar-refractivity contribution in [2.24, 2.45) is 5.92 Å². The molecule has 2 aliphatic heterocycles. The molecule has 2 aromatic carbocycles. The normalized spacial score (nSPS) is 25.4. The van der Waals surface area contributed by atoms with E-state index in [0.29, 0.717) is 16.1 Å². The van der Waals surface area contributed by atoms with Gasteiger partial charge < -0.3 is 14.8 Å². The Morgan fingerprint density at radius 3 is 2.53 bits per heavy atom. The van der Waals surface area contributed by atoms with E-state index in [1.807, 2.05) is 37.3 Å². The van der Waals surface area contributed by atoms with E-state index < -0.39 is 0 Å². The predicted molar refractivity (Wildman–Crippen MR) is 118 cm³/mol. The van der Waals surface area contributed by atoms with E-state index in [-0.39, 0.29) is 30.1 Å². The van der Waals surface area contributed by atoms with Gasteiger partial charge in [0.05, 0.1) is 20.1 Å². The molecule has 0 bridgehead atoms. The Balaban J connectivity index is 1.76. The standard InChI is InChI=1S/C24H29ClN2O3/c1-5-26-24(28)30-23(15(2)3)27(4)13-19-17-8-6-7-9-21(17)29-22-11-10-16(25)12-18(22)20(19)14-27/h6-12,15,19-20,23H,5,13-14H2,1-4H3/p+1. The monoisotopic (exact) mass is 429 g/mol. The van der Waals surface area contributed by atoms with Gasteiger partial charge in [0.1, 0.15) is 11.5 Å². The number of benzene rings is 2. The first-order chi connectivity index (χ1) is 14.3. The molecule has 4 atom stereocenters. The Kier molecular flexibility index (Phi) is 5.69. The molecule has 0 radical (unpaired) electrons. The summed E-state index contributed by atoms with van der Waals surface area (Å²) in [6, 6.07) is 14.1. The number of rotatable bonds is 4. The maximum Gasteiger partial charge on any atom is 0.411 e. The SMILES string of the molecule is CCNC(=O)OC(C(C)C)[N+]1(C)CC2c3ccccc3Oc3ccc(Cl)cc3C2C1. The highest BCUT2D eigenvalue weighted by Crippen LogP contribution is 2.52. The molecular formula is C24H30ClN2O3+. The van der Waals surface area contributed by atoms with Gasteiger partial charge in [0.15, 0.2) is 0 Å². The van der Waals surface area contributed by atoms with Crippen LogP contribution in [0.5, 0.6) is 11.5 Å². The molecule has 6 heteroatoms. The minimum atomic E-state index is -0.352. The van der Waals surface area contributed by atoms with Gasteiger partial charge >= 0.3 is 6.09 Å². The lowest BCUT2D eigenvalue weighted by molar-refractivity contribution is -0.946. The maximum atomic E-state index is 12.3. The molecule has 0 aromatic heterocycles. The minimum Gasteiger partial charge on any atom is -0.457 e. The zero-order chi connectivity index (χ0) is 21.5. The quantitative estimate of drug-likeness (QED) is 0.652. The molecule has 0 spiro atoms. The molecular weight excluding hydrogens is 400 g/mol. The summed E-state index contributed by atoms with van der Waals surface area (Å²) in [6.45, 7) is 8.38. The van der Waals surface area contributed by atoms with Crippen LogP contribution in [0.4, 0.5) is 4.79 Å². The van der Waals surface area contributed by atoms with E-state index in [4.69, 9.17) is 21.1 Å². The highest BCUT2D eigenvalue weighted by molar-refractivity contribution is 6.30. The van der Waals surface area contributed by atoms with Crippen molar-refractivity contribution in [3.63, 3.8) is 0 Å². The van der Waals surface area contributed by atoms with Crippen LogP contribution >= 0.6 is 11.6 Å². The summed E-state index contributed by atoms with van der Waals surface area (Å²) in [5.74, 6) is 2.42. The lowest BCUT2D eigenvalue weighted by Crippen LogP contribution is -2.56. The van der Waals surface area contributed by atoms with Gasteiger partial charge in [0.2, 0.25) is 6.23 Å². The molecule has 1 N–H and O–H groups in total. The van der Waals surface area contributed by atoms with Crippen molar-refractivity contribution in [3.05, 3.63) is 58.6 Å². The number of amides is 1. The highest BCUT2D eigenvalue weighted by Gasteiger charge is 2.52. The molecule has 4 unspecified atom stereocenters. The molecule has 1 amide bonds. The van der Waals surface area contributed by atoms with Crippen LogP contribution in [0.1, 0.15) is 43.7 Å².